The standard InChI is InChI=1S/C12H10Cl2N2OS2/c1-7-5-15-3-2-10(7)18-6-9(16-17)8-4-11(13)19-12(8)14/h2-5,17H,6H2,1H3/b16-9+. The van der Waals surface area contributed by atoms with Crippen molar-refractivity contribution < 1.29 is 5.21 Å². The summed E-state index contributed by atoms with van der Waals surface area (Å²) < 4.78 is 1.11. The average Bonchev–Trinajstić information content (AvgIpc) is 2.72. The molecule has 0 aliphatic rings. The Morgan fingerprint density at radius 3 is 2.89 bits per heavy atom. The van der Waals surface area contributed by atoms with Gasteiger partial charge in [0, 0.05) is 28.6 Å². The molecule has 2 aromatic rings. The van der Waals surface area contributed by atoms with Crippen LogP contribution in [0.15, 0.2) is 34.6 Å². The number of oxime groups is 1. The van der Waals surface area contributed by atoms with Crippen LogP contribution < -0.4 is 0 Å². The third-order valence-corrected chi connectivity index (χ3v) is 5.10. The van der Waals surface area contributed by atoms with Crippen LogP contribution in [-0.2, 0) is 0 Å². The second-order valence-corrected chi connectivity index (χ2v) is 7.02. The van der Waals surface area contributed by atoms with E-state index in [4.69, 9.17) is 28.4 Å². The van der Waals surface area contributed by atoms with Gasteiger partial charge in [-0.2, -0.15) is 0 Å². The van der Waals surface area contributed by atoms with Gasteiger partial charge < -0.3 is 5.21 Å². The Balaban J connectivity index is 2.14. The summed E-state index contributed by atoms with van der Waals surface area (Å²) in [6.45, 7) is 1.99. The van der Waals surface area contributed by atoms with E-state index in [1.165, 1.54) is 11.3 Å². The number of rotatable bonds is 4. The van der Waals surface area contributed by atoms with Crippen LogP contribution in [0.5, 0.6) is 0 Å². The molecule has 0 radical (unpaired) electrons. The molecule has 0 aliphatic carbocycles. The van der Waals surface area contributed by atoms with Gasteiger partial charge in [0.05, 0.1) is 10.0 Å². The molecule has 2 aromatic heterocycles. The fourth-order valence-electron chi connectivity index (χ4n) is 1.47. The van der Waals surface area contributed by atoms with E-state index >= 15 is 0 Å². The maximum absolute atomic E-state index is 9.13. The van der Waals surface area contributed by atoms with Gasteiger partial charge in [0.25, 0.3) is 0 Å². The van der Waals surface area contributed by atoms with E-state index in [1.54, 1.807) is 30.2 Å². The van der Waals surface area contributed by atoms with E-state index in [2.05, 4.69) is 10.1 Å². The minimum Gasteiger partial charge on any atom is -0.411 e. The number of thioether (sulfide) groups is 1. The van der Waals surface area contributed by atoms with Crippen molar-refractivity contribution in [3.8, 4) is 0 Å². The molecular formula is C12H10Cl2N2OS2. The van der Waals surface area contributed by atoms with Crippen LogP contribution >= 0.6 is 46.3 Å². The third kappa shape index (κ3) is 3.63. The van der Waals surface area contributed by atoms with Crippen molar-refractivity contribution in [2.45, 2.75) is 11.8 Å². The Kier molecular flexibility index (Phi) is 5.10. The first-order valence-electron chi connectivity index (χ1n) is 5.31. The number of hydrogen-bond acceptors (Lipinski definition) is 5. The summed E-state index contributed by atoms with van der Waals surface area (Å²) in [4.78, 5) is 5.13. The Labute approximate surface area is 129 Å². The first-order valence-corrected chi connectivity index (χ1v) is 7.87. The summed E-state index contributed by atoms with van der Waals surface area (Å²) in [7, 11) is 0. The number of pyridine rings is 1. The van der Waals surface area contributed by atoms with E-state index in [1.807, 2.05) is 13.0 Å². The maximum Gasteiger partial charge on any atom is 0.104 e. The highest BCUT2D eigenvalue weighted by Gasteiger charge is 2.14. The van der Waals surface area contributed by atoms with Crippen molar-refractivity contribution in [3.05, 3.63) is 44.3 Å². The van der Waals surface area contributed by atoms with Crippen molar-refractivity contribution in [3.63, 3.8) is 0 Å². The zero-order valence-corrected chi connectivity index (χ0v) is 13.1. The van der Waals surface area contributed by atoms with Crippen LogP contribution in [0.3, 0.4) is 0 Å². The molecule has 0 unspecified atom stereocenters. The molecule has 0 saturated carbocycles. The molecule has 0 spiro atoms. The number of thiophene rings is 1. The second-order valence-electron chi connectivity index (χ2n) is 3.71. The number of aryl methyl sites for hydroxylation is 1. The van der Waals surface area contributed by atoms with Gasteiger partial charge in [0.1, 0.15) is 4.34 Å². The van der Waals surface area contributed by atoms with E-state index in [-0.39, 0.29) is 0 Å². The summed E-state index contributed by atoms with van der Waals surface area (Å²) in [6, 6.07) is 3.64. The Morgan fingerprint density at radius 2 is 2.32 bits per heavy atom. The van der Waals surface area contributed by atoms with Crippen LogP contribution in [0.1, 0.15) is 11.1 Å². The summed E-state index contributed by atoms with van der Waals surface area (Å²) >= 11 is 14.8. The molecule has 100 valence electrons. The van der Waals surface area contributed by atoms with Crippen LogP contribution in [0.2, 0.25) is 8.67 Å². The highest BCUT2D eigenvalue weighted by molar-refractivity contribution is 8.00. The number of hydrogen-bond donors (Lipinski definition) is 1. The van der Waals surface area contributed by atoms with E-state index in [0.717, 1.165) is 10.5 Å². The monoisotopic (exact) mass is 332 g/mol. The third-order valence-electron chi connectivity index (χ3n) is 2.42. The highest BCUT2D eigenvalue weighted by Crippen LogP contribution is 2.33. The lowest BCUT2D eigenvalue weighted by Gasteiger charge is -2.05. The maximum atomic E-state index is 9.13. The Morgan fingerprint density at radius 1 is 1.53 bits per heavy atom. The minimum atomic E-state index is 0.508. The first-order chi connectivity index (χ1) is 9.11. The lowest BCUT2D eigenvalue weighted by Crippen LogP contribution is -2.04. The van der Waals surface area contributed by atoms with Crippen molar-refractivity contribution in [1.82, 2.24) is 4.98 Å². The fraction of sp³-hybridized carbons (Fsp3) is 0.167. The lowest BCUT2D eigenvalue weighted by molar-refractivity contribution is 0.319. The highest BCUT2D eigenvalue weighted by atomic mass is 35.5. The Bertz CT molecular complexity index is 614. The van der Waals surface area contributed by atoms with E-state index in [9.17, 15) is 0 Å². The quantitative estimate of drug-likeness (QED) is 0.381. The SMILES string of the molecule is Cc1cnccc1SC/C(=N\O)c1cc(Cl)sc1Cl. The number of nitrogens with zero attached hydrogens (tertiary/aromatic N) is 2. The normalized spacial score (nSPS) is 11.8. The molecule has 0 aliphatic heterocycles. The summed E-state index contributed by atoms with van der Waals surface area (Å²) in [6.07, 6.45) is 3.53. The van der Waals surface area contributed by atoms with Crippen molar-refractivity contribution in [2.75, 3.05) is 5.75 Å². The minimum absolute atomic E-state index is 0.508. The van der Waals surface area contributed by atoms with Gasteiger partial charge in [-0.15, -0.1) is 23.1 Å². The topological polar surface area (TPSA) is 45.5 Å². The molecular weight excluding hydrogens is 323 g/mol. The molecule has 1 N–H and O–H groups in total. The number of halogens is 2. The molecule has 19 heavy (non-hydrogen) atoms. The zero-order chi connectivity index (χ0) is 13.8. The smallest absolute Gasteiger partial charge is 0.104 e. The molecule has 0 amide bonds. The lowest BCUT2D eigenvalue weighted by atomic mass is 10.2. The number of aromatic nitrogens is 1. The molecule has 0 saturated heterocycles. The van der Waals surface area contributed by atoms with Gasteiger partial charge in [-0.25, -0.2) is 0 Å². The molecule has 2 rings (SSSR count). The summed E-state index contributed by atoms with van der Waals surface area (Å²) in [5, 5.41) is 12.4. The zero-order valence-electron chi connectivity index (χ0n) is 9.93. The molecule has 0 atom stereocenters. The van der Waals surface area contributed by atoms with Crippen LogP contribution in [-0.4, -0.2) is 21.7 Å². The van der Waals surface area contributed by atoms with Gasteiger partial charge in [-0.05, 0) is 24.6 Å². The molecule has 2 heterocycles. The molecule has 3 nitrogen and oxygen atoms in total. The van der Waals surface area contributed by atoms with Gasteiger partial charge in [-0.3, -0.25) is 4.98 Å². The Hall–Kier alpha value is -0.750. The molecule has 0 fully saturated rings. The average molecular weight is 333 g/mol. The van der Waals surface area contributed by atoms with E-state index < -0.39 is 0 Å². The molecule has 7 heteroatoms. The van der Waals surface area contributed by atoms with Crippen LogP contribution in [0.4, 0.5) is 0 Å². The summed E-state index contributed by atoms with van der Waals surface area (Å²) in [5.74, 6) is 0.508. The van der Waals surface area contributed by atoms with Gasteiger partial charge in [0.2, 0.25) is 0 Å². The van der Waals surface area contributed by atoms with Crippen molar-refractivity contribution in [2.24, 2.45) is 5.16 Å². The van der Waals surface area contributed by atoms with Gasteiger partial charge >= 0.3 is 0 Å². The molecule has 0 bridgehead atoms. The van der Waals surface area contributed by atoms with Crippen molar-refractivity contribution >= 4 is 52.0 Å². The second kappa shape index (κ2) is 6.61. The fourth-order valence-corrected chi connectivity index (χ4v) is 3.92. The predicted molar refractivity (Wildman–Crippen MR) is 82.4 cm³/mol. The van der Waals surface area contributed by atoms with Crippen molar-refractivity contribution in [1.29, 1.82) is 0 Å². The molecule has 0 aromatic carbocycles. The van der Waals surface area contributed by atoms with Crippen LogP contribution in [0.25, 0.3) is 0 Å². The van der Waals surface area contributed by atoms with E-state index in [0.29, 0.717) is 25.7 Å². The van der Waals surface area contributed by atoms with Gasteiger partial charge in [0.15, 0.2) is 0 Å². The summed E-state index contributed by atoms with van der Waals surface area (Å²) in [5.41, 5.74) is 2.27. The largest absolute Gasteiger partial charge is 0.411 e. The van der Waals surface area contributed by atoms with Crippen LogP contribution in [0, 0.1) is 6.92 Å². The first kappa shape index (κ1) is 14.7. The predicted octanol–water partition coefficient (Wildman–Crippen LogP) is 4.73. The van der Waals surface area contributed by atoms with Gasteiger partial charge in [-0.1, -0.05) is 28.4 Å².